The number of urea groups is 1. The monoisotopic (exact) mass is 398 g/mol. The van der Waals surface area contributed by atoms with Crippen LogP contribution in [0.15, 0.2) is 48.5 Å². The molecule has 2 aromatic rings. The first-order chi connectivity index (χ1) is 13.1. The number of rotatable bonds is 5. The number of amides is 2. The van der Waals surface area contributed by atoms with Gasteiger partial charge in [-0.2, -0.15) is 13.2 Å². The van der Waals surface area contributed by atoms with Crippen molar-refractivity contribution in [2.24, 2.45) is 0 Å². The van der Waals surface area contributed by atoms with Crippen LogP contribution < -0.4 is 10.6 Å². The van der Waals surface area contributed by atoms with Crippen molar-refractivity contribution in [3.63, 3.8) is 0 Å². The molecule has 2 amide bonds. The quantitative estimate of drug-likeness (QED) is 0.584. The van der Waals surface area contributed by atoms with Crippen LogP contribution >= 0.6 is 0 Å². The number of anilines is 1. The van der Waals surface area contributed by atoms with Gasteiger partial charge in [0.05, 0.1) is 6.61 Å². The van der Waals surface area contributed by atoms with Gasteiger partial charge in [-0.05, 0) is 43.7 Å². The molecule has 2 N–H and O–H groups in total. The fourth-order valence-electron chi connectivity index (χ4n) is 2.50. The molecule has 1 unspecified atom stereocenters. The van der Waals surface area contributed by atoms with Gasteiger partial charge in [0.1, 0.15) is 5.82 Å². The predicted molar refractivity (Wildman–Crippen MR) is 94.1 cm³/mol. The van der Waals surface area contributed by atoms with Gasteiger partial charge in [-0.1, -0.05) is 29.8 Å². The molecule has 0 aliphatic rings. The fourth-order valence-corrected chi connectivity index (χ4v) is 2.50. The Labute approximate surface area is 158 Å². The first kappa shape index (κ1) is 21.2. The van der Waals surface area contributed by atoms with Crippen LogP contribution in [0.2, 0.25) is 0 Å². The molecule has 0 heterocycles. The number of esters is 1. The highest BCUT2D eigenvalue weighted by atomic mass is 19.4. The number of carbonyl (C=O) groups is 2. The molecule has 1 atom stereocenters. The van der Waals surface area contributed by atoms with Crippen LogP contribution in [0.4, 0.5) is 28.0 Å². The molecular weight excluding hydrogens is 380 g/mol. The van der Waals surface area contributed by atoms with Gasteiger partial charge in [0.25, 0.3) is 5.54 Å². The summed E-state index contributed by atoms with van der Waals surface area (Å²) in [6.07, 6.45) is -5.26. The lowest BCUT2D eigenvalue weighted by atomic mass is 9.89. The Balaban J connectivity index is 2.46. The van der Waals surface area contributed by atoms with Gasteiger partial charge in [0.15, 0.2) is 0 Å². The van der Waals surface area contributed by atoms with E-state index in [4.69, 9.17) is 0 Å². The predicted octanol–water partition coefficient (Wildman–Crippen LogP) is 4.28. The smallest absolute Gasteiger partial charge is 0.426 e. The summed E-state index contributed by atoms with van der Waals surface area (Å²) in [6.45, 7) is 2.78. The summed E-state index contributed by atoms with van der Waals surface area (Å²) in [4.78, 5) is 24.7. The molecular formula is C19H18F4N2O3. The van der Waals surface area contributed by atoms with Crippen LogP contribution in [0.3, 0.4) is 0 Å². The molecule has 150 valence electrons. The number of halogens is 4. The molecule has 0 aromatic heterocycles. The van der Waals surface area contributed by atoms with Gasteiger partial charge in [-0.25, -0.2) is 14.0 Å². The number of nitrogens with one attached hydrogen (secondary N) is 2. The van der Waals surface area contributed by atoms with Crippen molar-refractivity contribution in [1.82, 2.24) is 5.32 Å². The van der Waals surface area contributed by atoms with Crippen molar-refractivity contribution in [3.05, 3.63) is 65.5 Å². The third kappa shape index (κ3) is 4.41. The first-order valence-electron chi connectivity index (χ1n) is 8.26. The zero-order valence-electron chi connectivity index (χ0n) is 15.1. The highest BCUT2D eigenvalue weighted by molar-refractivity contribution is 5.95. The normalized spacial score (nSPS) is 13.4. The van der Waals surface area contributed by atoms with Gasteiger partial charge in [0.2, 0.25) is 0 Å². The Morgan fingerprint density at radius 3 is 2.07 bits per heavy atom. The Bertz CT molecular complexity index is 836. The number of hydrogen-bond donors (Lipinski definition) is 2. The molecule has 2 rings (SSSR count). The van der Waals surface area contributed by atoms with E-state index in [-0.39, 0.29) is 12.3 Å². The molecule has 0 aliphatic carbocycles. The second-order valence-corrected chi connectivity index (χ2v) is 5.92. The fraction of sp³-hybridized carbons (Fsp3) is 0.263. The van der Waals surface area contributed by atoms with Crippen LogP contribution in [0, 0.1) is 12.7 Å². The second kappa shape index (κ2) is 8.28. The van der Waals surface area contributed by atoms with Crippen molar-refractivity contribution < 1.29 is 31.9 Å². The standard InChI is InChI=1S/C19H18F4N2O3/c1-3-28-16(26)18(19(21,22)23,13-6-8-14(20)9-7-13)25-17(27)24-15-10-4-12(2)5-11-15/h4-11H,3H2,1-2H3,(H2,24,25,27). The average Bonchev–Trinajstić information content (AvgIpc) is 2.61. The van der Waals surface area contributed by atoms with Crippen LogP contribution in [0.1, 0.15) is 18.1 Å². The van der Waals surface area contributed by atoms with E-state index in [9.17, 15) is 27.2 Å². The maximum atomic E-state index is 14.1. The van der Waals surface area contributed by atoms with E-state index in [2.05, 4.69) is 10.1 Å². The van der Waals surface area contributed by atoms with Crippen LogP contribution in [-0.4, -0.2) is 24.8 Å². The van der Waals surface area contributed by atoms with Crippen molar-refractivity contribution >= 4 is 17.7 Å². The van der Waals surface area contributed by atoms with Crippen molar-refractivity contribution in [2.75, 3.05) is 11.9 Å². The van der Waals surface area contributed by atoms with Crippen LogP contribution in [0.25, 0.3) is 0 Å². The van der Waals surface area contributed by atoms with E-state index >= 15 is 0 Å². The molecule has 0 spiro atoms. The highest BCUT2D eigenvalue weighted by Gasteiger charge is 2.64. The molecule has 9 heteroatoms. The van der Waals surface area contributed by atoms with Gasteiger partial charge >= 0.3 is 18.2 Å². The van der Waals surface area contributed by atoms with Gasteiger partial charge in [-0.3, -0.25) is 0 Å². The summed E-state index contributed by atoms with van der Waals surface area (Å²) < 4.78 is 59.9. The van der Waals surface area contributed by atoms with Crippen molar-refractivity contribution in [1.29, 1.82) is 0 Å². The lowest BCUT2D eigenvalue weighted by Gasteiger charge is -2.34. The number of carbonyl (C=O) groups excluding carboxylic acids is 2. The maximum Gasteiger partial charge on any atom is 0.426 e. The summed E-state index contributed by atoms with van der Waals surface area (Å²) in [7, 11) is 0. The molecule has 0 saturated carbocycles. The summed E-state index contributed by atoms with van der Waals surface area (Å²) in [6, 6.07) is 8.06. The minimum atomic E-state index is -5.26. The molecule has 0 radical (unpaired) electrons. The molecule has 0 saturated heterocycles. The van der Waals surface area contributed by atoms with Crippen molar-refractivity contribution in [2.45, 2.75) is 25.6 Å². The number of aryl methyl sites for hydroxylation is 1. The van der Waals surface area contributed by atoms with Crippen LogP contribution in [0.5, 0.6) is 0 Å². The minimum Gasteiger partial charge on any atom is -0.464 e. The van der Waals surface area contributed by atoms with Gasteiger partial charge in [0, 0.05) is 5.69 Å². The number of ether oxygens (including phenoxy) is 1. The van der Waals surface area contributed by atoms with Gasteiger partial charge < -0.3 is 15.4 Å². The second-order valence-electron chi connectivity index (χ2n) is 5.92. The van der Waals surface area contributed by atoms with E-state index in [1.807, 2.05) is 0 Å². The topological polar surface area (TPSA) is 67.4 Å². The third-order valence-electron chi connectivity index (χ3n) is 3.89. The van der Waals surface area contributed by atoms with E-state index in [0.717, 1.165) is 29.8 Å². The zero-order chi connectivity index (χ0) is 20.9. The Hall–Kier alpha value is -3.10. The lowest BCUT2D eigenvalue weighted by Crippen LogP contribution is -2.62. The Kier molecular flexibility index (Phi) is 6.27. The third-order valence-corrected chi connectivity index (χ3v) is 3.89. The minimum absolute atomic E-state index is 0.224. The molecule has 0 bridgehead atoms. The van der Waals surface area contributed by atoms with Crippen molar-refractivity contribution in [3.8, 4) is 0 Å². The highest BCUT2D eigenvalue weighted by Crippen LogP contribution is 2.40. The van der Waals surface area contributed by atoms with Gasteiger partial charge in [-0.15, -0.1) is 0 Å². The number of alkyl halides is 3. The molecule has 0 fully saturated rings. The lowest BCUT2D eigenvalue weighted by molar-refractivity contribution is -0.213. The van der Waals surface area contributed by atoms with E-state index in [0.29, 0.717) is 0 Å². The largest absolute Gasteiger partial charge is 0.464 e. The SMILES string of the molecule is CCOC(=O)C(NC(=O)Nc1ccc(C)cc1)(c1ccc(F)cc1)C(F)(F)F. The summed E-state index contributed by atoms with van der Waals surface area (Å²) >= 11 is 0. The van der Waals surface area contributed by atoms with E-state index in [1.165, 1.54) is 19.1 Å². The summed E-state index contributed by atoms with van der Waals surface area (Å²) in [5.74, 6) is -2.53. The molecule has 5 nitrogen and oxygen atoms in total. The van der Waals surface area contributed by atoms with Crippen LogP contribution in [-0.2, 0) is 15.1 Å². The Morgan fingerprint density at radius 2 is 1.57 bits per heavy atom. The van der Waals surface area contributed by atoms with E-state index in [1.54, 1.807) is 24.4 Å². The first-order valence-corrected chi connectivity index (χ1v) is 8.26. The molecule has 28 heavy (non-hydrogen) atoms. The Morgan fingerprint density at radius 1 is 1.00 bits per heavy atom. The summed E-state index contributed by atoms with van der Waals surface area (Å²) in [5.41, 5.74) is -3.08. The molecule has 0 aliphatic heterocycles. The summed E-state index contributed by atoms with van der Waals surface area (Å²) in [5, 5.41) is 3.92. The molecule has 2 aromatic carbocycles. The zero-order valence-corrected chi connectivity index (χ0v) is 15.1. The maximum absolute atomic E-state index is 14.1. The number of benzene rings is 2. The average molecular weight is 398 g/mol. The van der Waals surface area contributed by atoms with E-state index < -0.39 is 35.1 Å². The number of hydrogen-bond acceptors (Lipinski definition) is 3.